The van der Waals surface area contributed by atoms with Crippen LogP contribution < -0.4 is 0 Å². The van der Waals surface area contributed by atoms with E-state index >= 15 is 0 Å². The number of ether oxygens (including phenoxy) is 4. The van der Waals surface area contributed by atoms with E-state index in [0.29, 0.717) is 13.2 Å². The molecule has 4 rings (SSSR count). The number of hydrogen-bond donors (Lipinski definition) is 0. The summed E-state index contributed by atoms with van der Waals surface area (Å²) >= 11 is 0. The fraction of sp³-hybridized carbons (Fsp3) is 0.455. The highest BCUT2D eigenvalue weighted by molar-refractivity contribution is 5.17. The van der Waals surface area contributed by atoms with Crippen molar-refractivity contribution in [1.82, 2.24) is 0 Å². The minimum absolute atomic E-state index is 0.00835. The Hall–Kier alpha value is -1.72. The van der Waals surface area contributed by atoms with Crippen molar-refractivity contribution >= 4 is 0 Å². The first-order chi connectivity index (χ1) is 12.7. The lowest BCUT2D eigenvalue weighted by Gasteiger charge is -2.48. The monoisotopic (exact) mass is 354 g/mol. The summed E-state index contributed by atoms with van der Waals surface area (Å²) < 4.78 is 24.6. The molecule has 138 valence electrons. The molecule has 0 saturated carbocycles. The van der Waals surface area contributed by atoms with Gasteiger partial charge in [0.05, 0.1) is 31.5 Å². The van der Waals surface area contributed by atoms with Gasteiger partial charge < -0.3 is 18.9 Å². The van der Waals surface area contributed by atoms with Crippen LogP contribution in [0.5, 0.6) is 0 Å². The molecule has 2 heterocycles. The van der Waals surface area contributed by atoms with Crippen LogP contribution >= 0.6 is 0 Å². The third-order valence-electron chi connectivity index (χ3n) is 5.30. The van der Waals surface area contributed by atoms with Gasteiger partial charge in [0.15, 0.2) is 6.29 Å². The Morgan fingerprint density at radius 3 is 2.35 bits per heavy atom. The predicted octanol–water partition coefficient (Wildman–Crippen LogP) is 4.11. The first-order valence-corrected chi connectivity index (χ1v) is 9.35. The molecular formula is C22H26O4. The summed E-state index contributed by atoms with van der Waals surface area (Å²) in [5.74, 6) is 0.225. The first-order valence-electron chi connectivity index (χ1n) is 9.35. The van der Waals surface area contributed by atoms with E-state index in [2.05, 4.69) is 26.0 Å². The molecule has 2 fully saturated rings. The molecule has 2 aliphatic rings. The highest BCUT2D eigenvalue weighted by atomic mass is 16.7. The van der Waals surface area contributed by atoms with Crippen molar-refractivity contribution in [3.8, 4) is 0 Å². The summed E-state index contributed by atoms with van der Waals surface area (Å²) in [6, 6.07) is 20.3. The molecule has 0 radical (unpaired) electrons. The number of benzene rings is 2. The van der Waals surface area contributed by atoms with Crippen LogP contribution in [-0.4, -0.2) is 31.0 Å². The van der Waals surface area contributed by atoms with E-state index in [1.165, 1.54) is 5.56 Å². The smallest absolute Gasteiger partial charge is 0.184 e. The maximum Gasteiger partial charge on any atom is 0.184 e. The summed E-state index contributed by atoms with van der Waals surface area (Å²) in [6.07, 6.45) is -0.421. The lowest BCUT2D eigenvalue weighted by atomic mass is 9.87. The number of rotatable bonds is 4. The van der Waals surface area contributed by atoms with Crippen molar-refractivity contribution in [1.29, 1.82) is 0 Å². The standard InChI is InChI=1S/C22H26O4/c1-15-20(23-13-17-9-5-3-6-10-17)16(2)25-19-14-24-22(26-21(15)19)18-11-7-4-8-12-18/h3-12,15-16,19-22H,13-14H2,1-2H3. The van der Waals surface area contributed by atoms with Crippen LogP contribution in [0.15, 0.2) is 60.7 Å². The van der Waals surface area contributed by atoms with Gasteiger partial charge in [-0.3, -0.25) is 0 Å². The van der Waals surface area contributed by atoms with Crippen LogP contribution in [0.4, 0.5) is 0 Å². The molecule has 0 amide bonds. The molecule has 2 saturated heterocycles. The molecule has 0 aromatic heterocycles. The van der Waals surface area contributed by atoms with E-state index in [4.69, 9.17) is 18.9 Å². The third-order valence-corrected chi connectivity index (χ3v) is 5.30. The molecule has 0 bridgehead atoms. The summed E-state index contributed by atoms with van der Waals surface area (Å²) in [4.78, 5) is 0. The van der Waals surface area contributed by atoms with Crippen molar-refractivity contribution in [2.75, 3.05) is 6.61 Å². The molecular weight excluding hydrogens is 328 g/mol. The molecule has 26 heavy (non-hydrogen) atoms. The Kier molecular flexibility index (Phi) is 5.36. The zero-order chi connectivity index (χ0) is 17.9. The molecule has 0 spiro atoms. The van der Waals surface area contributed by atoms with E-state index in [-0.39, 0.29) is 36.6 Å². The van der Waals surface area contributed by atoms with Crippen LogP contribution in [0.2, 0.25) is 0 Å². The SMILES string of the molecule is CC1OC2COC(c3ccccc3)OC2C(C)C1OCc1ccccc1. The molecule has 2 aromatic carbocycles. The molecule has 6 unspecified atom stereocenters. The first kappa shape index (κ1) is 17.7. The molecule has 4 nitrogen and oxygen atoms in total. The van der Waals surface area contributed by atoms with Crippen LogP contribution in [0.25, 0.3) is 0 Å². The van der Waals surface area contributed by atoms with Crippen LogP contribution in [-0.2, 0) is 25.6 Å². The average molecular weight is 354 g/mol. The second-order valence-corrected chi connectivity index (χ2v) is 7.18. The van der Waals surface area contributed by atoms with Crippen molar-refractivity contribution in [2.45, 2.75) is 51.2 Å². The van der Waals surface area contributed by atoms with E-state index in [1.54, 1.807) is 0 Å². The minimum Gasteiger partial charge on any atom is -0.370 e. The largest absolute Gasteiger partial charge is 0.370 e. The summed E-state index contributed by atoms with van der Waals surface area (Å²) in [5, 5.41) is 0. The van der Waals surface area contributed by atoms with Gasteiger partial charge in [0.2, 0.25) is 0 Å². The van der Waals surface area contributed by atoms with Gasteiger partial charge in [-0.1, -0.05) is 67.6 Å². The summed E-state index contributed by atoms with van der Waals surface area (Å²) in [5.41, 5.74) is 2.21. The third kappa shape index (κ3) is 3.69. The molecule has 0 aliphatic carbocycles. The normalized spacial score (nSPS) is 34.2. The van der Waals surface area contributed by atoms with E-state index in [1.807, 2.05) is 48.5 Å². The van der Waals surface area contributed by atoms with Gasteiger partial charge in [-0.25, -0.2) is 0 Å². The van der Waals surface area contributed by atoms with Gasteiger partial charge in [0, 0.05) is 11.5 Å². The van der Waals surface area contributed by atoms with Gasteiger partial charge in [0.1, 0.15) is 6.10 Å². The predicted molar refractivity (Wildman–Crippen MR) is 98.5 cm³/mol. The van der Waals surface area contributed by atoms with Crippen molar-refractivity contribution in [3.63, 3.8) is 0 Å². The fourth-order valence-corrected chi connectivity index (χ4v) is 3.93. The van der Waals surface area contributed by atoms with Gasteiger partial charge in [-0.2, -0.15) is 0 Å². The highest BCUT2D eigenvalue weighted by Crippen LogP contribution is 2.37. The van der Waals surface area contributed by atoms with Crippen LogP contribution in [0, 0.1) is 5.92 Å². The van der Waals surface area contributed by atoms with E-state index < -0.39 is 0 Å². The van der Waals surface area contributed by atoms with Crippen LogP contribution in [0.3, 0.4) is 0 Å². The summed E-state index contributed by atoms with van der Waals surface area (Å²) in [7, 11) is 0. The summed E-state index contributed by atoms with van der Waals surface area (Å²) in [6.45, 7) is 5.40. The average Bonchev–Trinajstić information content (AvgIpc) is 2.69. The lowest BCUT2D eigenvalue weighted by molar-refractivity contribution is -0.319. The fourth-order valence-electron chi connectivity index (χ4n) is 3.93. The van der Waals surface area contributed by atoms with Crippen molar-refractivity contribution in [2.24, 2.45) is 5.92 Å². The van der Waals surface area contributed by atoms with E-state index in [9.17, 15) is 0 Å². The maximum absolute atomic E-state index is 6.29. The highest BCUT2D eigenvalue weighted by Gasteiger charge is 2.46. The zero-order valence-corrected chi connectivity index (χ0v) is 15.3. The van der Waals surface area contributed by atoms with E-state index in [0.717, 1.165) is 5.56 Å². The Balaban J connectivity index is 1.44. The van der Waals surface area contributed by atoms with Gasteiger partial charge >= 0.3 is 0 Å². The minimum atomic E-state index is -0.341. The number of fused-ring (bicyclic) bond motifs is 1. The molecule has 4 heteroatoms. The Labute approximate surface area is 155 Å². The van der Waals surface area contributed by atoms with Crippen molar-refractivity contribution in [3.05, 3.63) is 71.8 Å². The van der Waals surface area contributed by atoms with Crippen LogP contribution in [0.1, 0.15) is 31.3 Å². The molecule has 6 atom stereocenters. The molecule has 2 aromatic rings. The Morgan fingerprint density at radius 2 is 1.62 bits per heavy atom. The maximum atomic E-state index is 6.29. The van der Waals surface area contributed by atoms with Gasteiger partial charge in [-0.05, 0) is 12.5 Å². The second kappa shape index (κ2) is 7.89. The topological polar surface area (TPSA) is 36.9 Å². The second-order valence-electron chi connectivity index (χ2n) is 7.18. The van der Waals surface area contributed by atoms with Crippen molar-refractivity contribution < 1.29 is 18.9 Å². The zero-order valence-electron chi connectivity index (χ0n) is 15.3. The quantitative estimate of drug-likeness (QED) is 0.828. The lowest BCUT2D eigenvalue weighted by Crippen LogP contribution is -2.57. The van der Waals surface area contributed by atoms with Gasteiger partial charge in [0.25, 0.3) is 0 Å². The molecule has 0 N–H and O–H groups in total. The number of hydrogen-bond acceptors (Lipinski definition) is 4. The molecule has 2 aliphatic heterocycles. The Bertz CT molecular complexity index is 690. The van der Waals surface area contributed by atoms with Gasteiger partial charge in [-0.15, -0.1) is 0 Å². The Morgan fingerprint density at radius 1 is 0.923 bits per heavy atom.